The van der Waals surface area contributed by atoms with Gasteiger partial charge >= 0.3 is 0 Å². The van der Waals surface area contributed by atoms with Gasteiger partial charge in [-0.2, -0.15) is 0 Å². The van der Waals surface area contributed by atoms with Gasteiger partial charge in [-0.3, -0.25) is 0 Å². The Balaban J connectivity index is 1.70. The lowest BCUT2D eigenvalue weighted by atomic mass is 9.32. The van der Waals surface area contributed by atoms with Crippen molar-refractivity contribution >= 4 is 40.2 Å². The highest BCUT2D eigenvalue weighted by atomic mass is 16.5. The number of para-hydroxylation sites is 1. The van der Waals surface area contributed by atoms with Crippen LogP contribution in [0.15, 0.2) is 60.7 Å². The van der Waals surface area contributed by atoms with Crippen molar-refractivity contribution in [2.75, 3.05) is 4.90 Å². The van der Waals surface area contributed by atoms with E-state index in [-0.39, 0.29) is 28.4 Å². The molecule has 0 atom stereocenters. The molecule has 0 radical (unpaired) electrons. The molecule has 0 saturated heterocycles. The fourth-order valence-electron chi connectivity index (χ4n) is 7.41. The third-order valence-corrected chi connectivity index (χ3v) is 9.62. The molecule has 4 heteroatoms. The van der Waals surface area contributed by atoms with Crippen molar-refractivity contribution in [3.8, 4) is 23.0 Å². The second-order valence-electron chi connectivity index (χ2n) is 17.1. The van der Waals surface area contributed by atoms with Crippen LogP contribution in [0.25, 0.3) is 0 Å². The third kappa shape index (κ3) is 4.09. The number of benzene rings is 4. The Morgan fingerprint density at radius 3 is 1.23 bits per heavy atom. The summed E-state index contributed by atoms with van der Waals surface area (Å²) in [5, 5.41) is 0. The predicted octanol–water partition coefficient (Wildman–Crippen LogP) is 9.39. The summed E-state index contributed by atoms with van der Waals surface area (Å²) in [7, 11) is 0. The smallest absolute Gasteiger partial charge is 0.266 e. The van der Waals surface area contributed by atoms with Gasteiger partial charge in [0.15, 0.2) is 0 Å². The number of hydrogen-bond donors (Lipinski definition) is 0. The fourth-order valence-corrected chi connectivity index (χ4v) is 7.41. The quantitative estimate of drug-likeness (QED) is 0.180. The van der Waals surface area contributed by atoms with Gasteiger partial charge in [-0.05, 0) is 74.0 Å². The van der Waals surface area contributed by atoms with Crippen molar-refractivity contribution in [1.82, 2.24) is 0 Å². The summed E-state index contributed by atoms with van der Waals surface area (Å²) < 4.78 is 14.6. The van der Waals surface area contributed by atoms with E-state index in [2.05, 4.69) is 149 Å². The van der Waals surface area contributed by atoms with E-state index in [9.17, 15) is 0 Å². The highest BCUT2D eigenvalue weighted by Crippen LogP contribution is 2.53. The molecule has 4 aromatic carbocycles. The van der Waals surface area contributed by atoms with E-state index in [0.29, 0.717) is 0 Å². The molecule has 4 aromatic rings. The zero-order chi connectivity index (χ0) is 31.7. The second kappa shape index (κ2) is 8.96. The number of hydrogen-bond acceptors (Lipinski definition) is 3. The maximum absolute atomic E-state index is 7.31. The number of ether oxygens (including phenoxy) is 2. The predicted molar refractivity (Wildman–Crippen MR) is 187 cm³/mol. The van der Waals surface area contributed by atoms with Gasteiger partial charge in [0.25, 0.3) is 6.71 Å². The molecule has 7 rings (SSSR count). The summed E-state index contributed by atoms with van der Waals surface area (Å²) >= 11 is 0. The minimum Gasteiger partial charge on any atom is -0.458 e. The lowest BCUT2D eigenvalue weighted by molar-refractivity contribution is 0.416. The van der Waals surface area contributed by atoms with Crippen LogP contribution in [-0.2, 0) is 21.7 Å². The molecular formula is C40H46BNO2. The van der Waals surface area contributed by atoms with E-state index < -0.39 is 0 Å². The molecular weight excluding hydrogens is 537 g/mol. The van der Waals surface area contributed by atoms with Gasteiger partial charge in [-0.15, -0.1) is 0 Å². The summed E-state index contributed by atoms with van der Waals surface area (Å²) in [5.74, 6) is 3.97. The number of anilines is 3. The zero-order valence-corrected chi connectivity index (χ0v) is 28.6. The van der Waals surface area contributed by atoms with Crippen LogP contribution in [0.2, 0.25) is 0 Å². The molecule has 3 aliphatic heterocycles. The molecule has 0 unspecified atom stereocenters. The summed E-state index contributed by atoms with van der Waals surface area (Å²) in [6.07, 6.45) is 0. The van der Waals surface area contributed by atoms with E-state index >= 15 is 0 Å². The standard InChI is InChI=1S/C40H46BNO2/c1-37(2,3)24-18-20-28-30-33(24)43-35-26(39(7,8)9)22-27(40(10,11)12)36-32(35)41(30)31-29(42(28)23-16-14-13-15-17-23)21-19-25(34(31)44-36)38(4,5)6/h13-22H,1-12H3. The van der Waals surface area contributed by atoms with Crippen molar-refractivity contribution in [1.29, 1.82) is 0 Å². The van der Waals surface area contributed by atoms with Crippen LogP contribution in [0.5, 0.6) is 23.0 Å². The van der Waals surface area contributed by atoms with Gasteiger partial charge in [0.05, 0.1) is 0 Å². The largest absolute Gasteiger partial charge is 0.458 e. The molecule has 0 amide bonds. The lowest BCUT2D eigenvalue weighted by Gasteiger charge is -2.47. The Bertz CT molecular complexity index is 1730. The minimum atomic E-state index is -0.123. The Morgan fingerprint density at radius 1 is 0.455 bits per heavy atom. The summed E-state index contributed by atoms with van der Waals surface area (Å²) in [6, 6.07) is 22.4. The molecule has 0 aliphatic carbocycles. The number of rotatable bonds is 1. The Morgan fingerprint density at radius 2 is 0.841 bits per heavy atom. The molecule has 0 fully saturated rings. The van der Waals surface area contributed by atoms with E-state index in [0.717, 1.165) is 28.7 Å². The average Bonchev–Trinajstić information content (AvgIpc) is 2.91. The monoisotopic (exact) mass is 583 g/mol. The zero-order valence-electron chi connectivity index (χ0n) is 28.6. The van der Waals surface area contributed by atoms with Crippen LogP contribution < -0.4 is 30.8 Å². The van der Waals surface area contributed by atoms with Crippen molar-refractivity contribution in [2.24, 2.45) is 0 Å². The van der Waals surface area contributed by atoms with E-state index in [1.54, 1.807) is 0 Å². The Kier molecular flexibility index (Phi) is 5.92. The van der Waals surface area contributed by atoms with Crippen LogP contribution in [0, 0.1) is 0 Å². The fraction of sp³-hybridized carbons (Fsp3) is 0.400. The summed E-state index contributed by atoms with van der Waals surface area (Å²) in [4.78, 5) is 2.42. The SMILES string of the molecule is CC(C)(C)c1ccc2c3c1Oc1c(C(C)(C)C)cc(C(C)(C)C)c4c1B3c1c(ccc(C(C)(C)C)c1O4)N2c1ccccc1. The Labute approximate surface area is 264 Å². The maximum Gasteiger partial charge on any atom is 0.266 e. The van der Waals surface area contributed by atoms with Crippen molar-refractivity contribution in [3.63, 3.8) is 0 Å². The van der Waals surface area contributed by atoms with E-state index in [4.69, 9.17) is 9.47 Å². The van der Waals surface area contributed by atoms with Gasteiger partial charge in [0.2, 0.25) is 0 Å². The first kappa shape index (κ1) is 29.1. The minimum absolute atomic E-state index is 0.00506. The first-order valence-electron chi connectivity index (χ1n) is 16.2. The molecule has 3 heterocycles. The van der Waals surface area contributed by atoms with Gasteiger partial charge in [0, 0.05) is 33.7 Å². The van der Waals surface area contributed by atoms with Crippen molar-refractivity contribution in [3.05, 3.63) is 82.9 Å². The van der Waals surface area contributed by atoms with Crippen LogP contribution in [0.1, 0.15) is 105 Å². The molecule has 226 valence electrons. The Hall–Kier alpha value is -3.66. The first-order valence-corrected chi connectivity index (χ1v) is 16.2. The molecule has 0 N–H and O–H groups in total. The maximum atomic E-state index is 7.31. The highest BCUT2D eigenvalue weighted by Gasteiger charge is 2.52. The van der Waals surface area contributed by atoms with E-state index in [1.807, 2.05) is 0 Å². The molecule has 0 spiro atoms. The first-order chi connectivity index (χ1) is 20.4. The molecule has 0 bridgehead atoms. The van der Waals surface area contributed by atoms with Crippen LogP contribution in [0.3, 0.4) is 0 Å². The van der Waals surface area contributed by atoms with Crippen LogP contribution >= 0.6 is 0 Å². The van der Waals surface area contributed by atoms with Crippen LogP contribution in [0.4, 0.5) is 17.1 Å². The third-order valence-electron chi connectivity index (χ3n) is 9.62. The molecule has 0 saturated carbocycles. The van der Waals surface area contributed by atoms with Gasteiger partial charge in [-0.1, -0.05) is 113 Å². The van der Waals surface area contributed by atoms with Gasteiger partial charge < -0.3 is 14.4 Å². The van der Waals surface area contributed by atoms with Crippen LogP contribution in [-0.4, -0.2) is 6.71 Å². The van der Waals surface area contributed by atoms with Crippen molar-refractivity contribution in [2.45, 2.75) is 105 Å². The highest BCUT2D eigenvalue weighted by molar-refractivity contribution is 7.00. The average molecular weight is 584 g/mol. The summed E-state index contributed by atoms with van der Waals surface area (Å²) in [5.41, 5.74) is 11.7. The molecule has 3 nitrogen and oxygen atoms in total. The van der Waals surface area contributed by atoms with E-state index in [1.165, 1.54) is 50.0 Å². The van der Waals surface area contributed by atoms with Gasteiger partial charge in [0.1, 0.15) is 23.0 Å². The topological polar surface area (TPSA) is 21.7 Å². The van der Waals surface area contributed by atoms with Crippen molar-refractivity contribution < 1.29 is 9.47 Å². The molecule has 0 aromatic heterocycles. The second-order valence-corrected chi connectivity index (χ2v) is 17.1. The number of nitrogens with zero attached hydrogens (tertiary/aromatic N) is 1. The molecule has 44 heavy (non-hydrogen) atoms. The normalized spacial score (nSPS) is 15.1. The molecule has 3 aliphatic rings. The summed E-state index contributed by atoms with van der Waals surface area (Å²) in [6.45, 7) is 27.6. The lowest BCUT2D eigenvalue weighted by Crippen LogP contribution is -2.62. The van der Waals surface area contributed by atoms with Gasteiger partial charge in [-0.25, -0.2) is 0 Å².